The highest BCUT2D eigenvalue weighted by molar-refractivity contribution is 5.95. The predicted molar refractivity (Wildman–Crippen MR) is 135 cm³/mol. The summed E-state index contributed by atoms with van der Waals surface area (Å²) in [5, 5.41) is 24.6. The van der Waals surface area contributed by atoms with Crippen molar-refractivity contribution >= 4 is 17.4 Å². The van der Waals surface area contributed by atoms with Crippen LogP contribution in [0.3, 0.4) is 0 Å². The zero-order valence-corrected chi connectivity index (χ0v) is 21.5. The highest BCUT2D eigenvalue weighted by Crippen LogP contribution is 2.48. The second-order valence-corrected chi connectivity index (χ2v) is 11.0. The smallest absolute Gasteiger partial charge is 0.416 e. The van der Waals surface area contributed by atoms with Crippen molar-refractivity contribution in [1.29, 1.82) is 0 Å². The summed E-state index contributed by atoms with van der Waals surface area (Å²) in [7, 11) is 0. The fourth-order valence-electron chi connectivity index (χ4n) is 6.29. The summed E-state index contributed by atoms with van der Waals surface area (Å²) < 4.78 is 47.9. The van der Waals surface area contributed by atoms with Gasteiger partial charge in [-0.25, -0.2) is 14.3 Å². The molecule has 0 radical (unpaired) electrons. The Morgan fingerprint density at radius 3 is 2.56 bits per heavy atom. The van der Waals surface area contributed by atoms with Gasteiger partial charge in [0.05, 0.1) is 36.3 Å². The minimum Gasteiger partial charge on any atom is -0.478 e. The predicted octanol–water partition coefficient (Wildman–Crippen LogP) is 3.14. The van der Waals surface area contributed by atoms with Gasteiger partial charge in [-0.15, -0.1) is 5.10 Å². The van der Waals surface area contributed by atoms with Crippen LogP contribution >= 0.6 is 0 Å². The molecule has 39 heavy (non-hydrogen) atoms. The number of halogens is 3. The highest BCUT2D eigenvalue weighted by atomic mass is 19.4. The van der Waals surface area contributed by atoms with Crippen LogP contribution in [-0.2, 0) is 23.9 Å². The van der Waals surface area contributed by atoms with E-state index in [1.54, 1.807) is 6.07 Å². The number of ether oxygens (including phenoxy) is 1. The lowest BCUT2D eigenvalue weighted by Gasteiger charge is -2.57. The van der Waals surface area contributed by atoms with Crippen molar-refractivity contribution in [2.45, 2.75) is 45.0 Å². The number of carbonyl (C=O) groups is 1. The first kappa shape index (κ1) is 26.0. The Morgan fingerprint density at radius 2 is 1.92 bits per heavy atom. The molecule has 3 fully saturated rings. The molecule has 1 spiro atoms. The van der Waals surface area contributed by atoms with Gasteiger partial charge in [-0.05, 0) is 37.0 Å². The SMILES string of the molecule is Cc1c(Cc2c(CN3CC4(CC(O)C4)C3)nc3c(C(=O)O)cc(N4CCOCC4)nn23)cccc1C(F)(F)F. The van der Waals surface area contributed by atoms with Gasteiger partial charge in [0.15, 0.2) is 11.5 Å². The van der Waals surface area contributed by atoms with Crippen LogP contribution in [0.5, 0.6) is 0 Å². The number of rotatable bonds is 6. The Labute approximate surface area is 222 Å². The number of benzene rings is 1. The molecule has 2 aromatic heterocycles. The number of anilines is 1. The molecule has 9 nitrogen and oxygen atoms in total. The summed E-state index contributed by atoms with van der Waals surface area (Å²) in [5.74, 6) is -0.692. The third-order valence-corrected chi connectivity index (χ3v) is 8.25. The molecule has 0 amide bonds. The monoisotopic (exact) mass is 545 g/mol. The quantitative estimate of drug-likeness (QED) is 0.487. The topological polar surface area (TPSA) is 103 Å². The van der Waals surface area contributed by atoms with Gasteiger partial charge >= 0.3 is 12.1 Å². The molecule has 2 N–H and O–H groups in total. The number of hydrogen-bond donors (Lipinski definition) is 2. The molecular weight excluding hydrogens is 515 g/mol. The summed E-state index contributed by atoms with van der Waals surface area (Å²) in [5.41, 5.74) is 1.34. The van der Waals surface area contributed by atoms with Crippen LogP contribution in [0.25, 0.3) is 5.65 Å². The number of hydrogen-bond acceptors (Lipinski definition) is 7. The van der Waals surface area contributed by atoms with E-state index in [-0.39, 0.29) is 34.7 Å². The molecule has 4 heterocycles. The van der Waals surface area contributed by atoms with Crippen LogP contribution in [0.1, 0.15) is 51.3 Å². The van der Waals surface area contributed by atoms with E-state index in [0.717, 1.165) is 32.0 Å². The molecule has 3 aromatic rings. The standard InChI is InChI=1S/C27H30F3N5O4/c1-16-17(3-2-4-20(16)27(28,29)30)9-22-21(13-33-14-26(15-33)11-18(36)12-26)31-24-19(25(37)38)10-23(32-35(22)24)34-5-7-39-8-6-34/h2-4,10,18,36H,5-9,11-15H2,1H3,(H,37,38). The first-order valence-corrected chi connectivity index (χ1v) is 13.1. The number of aliphatic hydroxyl groups excluding tert-OH is 1. The first-order valence-electron chi connectivity index (χ1n) is 13.1. The van der Waals surface area contributed by atoms with Gasteiger partial charge in [0.1, 0.15) is 5.56 Å². The summed E-state index contributed by atoms with van der Waals surface area (Å²) in [6, 6.07) is 5.63. The Balaban J connectivity index is 1.43. The van der Waals surface area contributed by atoms with Gasteiger partial charge < -0.3 is 19.8 Å². The van der Waals surface area contributed by atoms with E-state index in [4.69, 9.17) is 14.8 Å². The van der Waals surface area contributed by atoms with Crippen LogP contribution in [0.4, 0.5) is 19.0 Å². The molecule has 2 aliphatic heterocycles. The maximum Gasteiger partial charge on any atom is 0.416 e. The number of aromatic carboxylic acids is 1. The van der Waals surface area contributed by atoms with E-state index in [1.807, 2.05) is 4.90 Å². The van der Waals surface area contributed by atoms with Crippen molar-refractivity contribution in [1.82, 2.24) is 19.5 Å². The molecule has 2 saturated heterocycles. The van der Waals surface area contributed by atoms with Crippen molar-refractivity contribution in [3.63, 3.8) is 0 Å². The van der Waals surface area contributed by atoms with Gasteiger partial charge in [-0.1, -0.05) is 12.1 Å². The summed E-state index contributed by atoms with van der Waals surface area (Å²) in [6.45, 7) is 5.51. The maximum absolute atomic E-state index is 13.7. The van der Waals surface area contributed by atoms with Crippen LogP contribution in [0.15, 0.2) is 24.3 Å². The third-order valence-electron chi connectivity index (χ3n) is 8.25. The fraction of sp³-hybridized carbons (Fsp3) is 0.519. The van der Waals surface area contributed by atoms with E-state index < -0.39 is 17.7 Å². The van der Waals surface area contributed by atoms with Crippen molar-refractivity contribution in [3.05, 3.63) is 57.9 Å². The summed E-state index contributed by atoms with van der Waals surface area (Å²) >= 11 is 0. The van der Waals surface area contributed by atoms with E-state index >= 15 is 0 Å². The average Bonchev–Trinajstić information content (AvgIpc) is 3.19. The largest absolute Gasteiger partial charge is 0.478 e. The molecule has 3 aliphatic rings. The van der Waals surface area contributed by atoms with Gasteiger partial charge in [0.2, 0.25) is 0 Å². The number of nitrogens with zero attached hydrogens (tertiary/aromatic N) is 5. The number of likely N-dealkylation sites (tertiary alicyclic amines) is 1. The normalized spacial score (nSPS) is 19.9. The maximum atomic E-state index is 13.7. The Hall–Kier alpha value is -3.22. The molecule has 6 rings (SSSR count). The number of imidazole rings is 1. The second kappa shape index (κ2) is 9.46. The van der Waals surface area contributed by atoms with Crippen molar-refractivity contribution < 1.29 is 32.9 Å². The summed E-state index contributed by atoms with van der Waals surface area (Å²) in [4.78, 5) is 21.1. The van der Waals surface area contributed by atoms with E-state index in [9.17, 15) is 28.2 Å². The number of aliphatic hydroxyl groups is 1. The number of carboxylic acids is 1. The average molecular weight is 546 g/mol. The molecule has 12 heteroatoms. The van der Waals surface area contributed by atoms with E-state index in [1.165, 1.54) is 23.6 Å². The Kier molecular flexibility index (Phi) is 6.31. The van der Waals surface area contributed by atoms with Gasteiger partial charge in [0, 0.05) is 50.6 Å². The van der Waals surface area contributed by atoms with E-state index in [0.29, 0.717) is 55.6 Å². The number of fused-ring (bicyclic) bond motifs is 1. The Bertz CT molecular complexity index is 1420. The third kappa shape index (κ3) is 4.74. The lowest BCUT2D eigenvalue weighted by molar-refractivity contribution is -0.138. The molecule has 0 bridgehead atoms. The van der Waals surface area contributed by atoms with Crippen molar-refractivity contribution in [2.75, 3.05) is 44.3 Å². The second-order valence-electron chi connectivity index (χ2n) is 11.0. The van der Waals surface area contributed by atoms with Gasteiger partial charge in [-0.3, -0.25) is 4.90 Å². The molecular formula is C27H30F3N5O4. The highest BCUT2D eigenvalue weighted by Gasteiger charge is 2.51. The zero-order chi connectivity index (χ0) is 27.5. The number of morpholine rings is 1. The Morgan fingerprint density at radius 1 is 1.21 bits per heavy atom. The van der Waals surface area contributed by atoms with E-state index in [2.05, 4.69) is 4.90 Å². The zero-order valence-electron chi connectivity index (χ0n) is 21.5. The molecule has 0 unspecified atom stereocenters. The summed E-state index contributed by atoms with van der Waals surface area (Å²) in [6.07, 6.45) is -3.11. The van der Waals surface area contributed by atoms with Crippen LogP contribution in [-0.4, -0.2) is 81.2 Å². The molecule has 208 valence electrons. The number of carboxylic acid groups (broad SMARTS) is 1. The molecule has 0 atom stereocenters. The lowest BCUT2D eigenvalue weighted by atomic mass is 9.62. The lowest BCUT2D eigenvalue weighted by Crippen LogP contribution is -2.63. The molecule has 1 aliphatic carbocycles. The minimum atomic E-state index is -4.49. The molecule has 1 aromatic carbocycles. The first-order chi connectivity index (χ1) is 18.5. The van der Waals surface area contributed by atoms with Gasteiger partial charge in [0.25, 0.3) is 0 Å². The van der Waals surface area contributed by atoms with Crippen LogP contribution in [0, 0.1) is 12.3 Å². The van der Waals surface area contributed by atoms with Crippen LogP contribution in [0.2, 0.25) is 0 Å². The van der Waals surface area contributed by atoms with Crippen molar-refractivity contribution in [3.8, 4) is 0 Å². The van der Waals surface area contributed by atoms with Gasteiger partial charge in [-0.2, -0.15) is 13.2 Å². The number of aromatic nitrogens is 3. The minimum absolute atomic E-state index is 0.0121. The van der Waals surface area contributed by atoms with Crippen LogP contribution < -0.4 is 4.90 Å². The number of alkyl halides is 3. The van der Waals surface area contributed by atoms with Crippen molar-refractivity contribution in [2.24, 2.45) is 5.41 Å². The molecule has 1 saturated carbocycles. The fourth-order valence-corrected chi connectivity index (χ4v) is 6.29.